The quantitative estimate of drug-likeness (QED) is 0.464. The van der Waals surface area contributed by atoms with Crippen molar-refractivity contribution in [2.45, 2.75) is 19.0 Å². The normalized spacial score (nSPS) is 14.8. The van der Waals surface area contributed by atoms with E-state index in [0.717, 1.165) is 5.56 Å². The molecule has 1 aliphatic carbocycles. The molecule has 168 valence electrons. The number of halogens is 3. The van der Waals surface area contributed by atoms with E-state index >= 15 is 0 Å². The van der Waals surface area contributed by atoms with Crippen LogP contribution >= 0.6 is 0 Å². The van der Waals surface area contributed by atoms with Crippen LogP contribution in [0.1, 0.15) is 12.8 Å². The molecular formula is C22H17F3N6O2. The number of benzene rings is 1. The lowest BCUT2D eigenvalue weighted by molar-refractivity contribution is -0.189. The van der Waals surface area contributed by atoms with Gasteiger partial charge in [-0.25, -0.2) is 15.0 Å². The third-order valence-electron chi connectivity index (χ3n) is 5.70. The first-order chi connectivity index (χ1) is 15.8. The van der Waals surface area contributed by atoms with E-state index in [2.05, 4.69) is 30.5 Å². The molecule has 1 saturated carbocycles. The van der Waals surface area contributed by atoms with E-state index < -0.39 is 17.5 Å². The van der Waals surface area contributed by atoms with Gasteiger partial charge in [0.1, 0.15) is 28.6 Å². The number of H-pyrrole nitrogens is 1. The van der Waals surface area contributed by atoms with Crippen LogP contribution in [0.3, 0.4) is 0 Å². The number of amides is 1. The summed E-state index contributed by atoms with van der Waals surface area (Å²) in [5.74, 6) is -1.20. The molecule has 2 N–H and O–H groups in total. The summed E-state index contributed by atoms with van der Waals surface area (Å²) >= 11 is 0. The first kappa shape index (κ1) is 20.9. The average Bonchev–Trinajstić information content (AvgIpc) is 3.51. The predicted molar refractivity (Wildman–Crippen MR) is 113 cm³/mol. The molecule has 0 spiro atoms. The maximum atomic E-state index is 13.4. The highest BCUT2D eigenvalue weighted by molar-refractivity contribution is 6.00. The van der Waals surface area contributed by atoms with E-state index in [1.165, 1.54) is 19.5 Å². The Morgan fingerprint density at radius 1 is 1.15 bits per heavy atom. The number of alkyl halides is 3. The minimum Gasteiger partial charge on any atom is -0.493 e. The van der Waals surface area contributed by atoms with Gasteiger partial charge in [0.25, 0.3) is 0 Å². The van der Waals surface area contributed by atoms with E-state index in [4.69, 9.17) is 4.74 Å². The van der Waals surface area contributed by atoms with Crippen LogP contribution in [0.15, 0.2) is 48.9 Å². The zero-order chi connectivity index (χ0) is 23.2. The van der Waals surface area contributed by atoms with Crippen molar-refractivity contribution < 1.29 is 22.7 Å². The SMILES string of the molecule is COc1cc2ncnc(-c3c[nH]nc3-c3ccccc3)c2nc1NC(=O)C1(C(F)(F)F)CC1. The Hall–Kier alpha value is -4.02. The Bertz CT molecular complexity index is 1350. The van der Waals surface area contributed by atoms with Crippen LogP contribution in [0.4, 0.5) is 19.0 Å². The van der Waals surface area contributed by atoms with Gasteiger partial charge in [-0.05, 0) is 12.8 Å². The number of pyridine rings is 1. The number of anilines is 1. The van der Waals surface area contributed by atoms with Crippen LogP contribution in [0.2, 0.25) is 0 Å². The van der Waals surface area contributed by atoms with E-state index in [-0.39, 0.29) is 29.9 Å². The van der Waals surface area contributed by atoms with Gasteiger partial charge in [-0.1, -0.05) is 30.3 Å². The minimum atomic E-state index is -4.64. The zero-order valence-corrected chi connectivity index (χ0v) is 17.3. The summed E-state index contributed by atoms with van der Waals surface area (Å²) in [5.41, 5.74) is 0.767. The molecule has 1 aliphatic rings. The largest absolute Gasteiger partial charge is 0.493 e. The molecule has 1 fully saturated rings. The molecule has 8 nitrogen and oxygen atoms in total. The number of ether oxygens (including phenoxy) is 1. The van der Waals surface area contributed by atoms with E-state index in [1.807, 2.05) is 30.3 Å². The fraction of sp³-hybridized carbons (Fsp3) is 0.227. The third kappa shape index (κ3) is 3.45. The summed E-state index contributed by atoms with van der Waals surface area (Å²) in [7, 11) is 1.33. The fourth-order valence-corrected chi connectivity index (χ4v) is 3.69. The number of nitrogens with one attached hydrogen (secondary N) is 2. The monoisotopic (exact) mass is 454 g/mol. The van der Waals surface area contributed by atoms with Gasteiger partial charge in [0.15, 0.2) is 11.6 Å². The van der Waals surface area contributed by atoms with Crippen molar-refractivity contribution >= 4 is 22.8 Å². The van der Waals surface area contributed by atoms with Crippen molar-refractivity contribution in [3.63, 3.8) is 0 Å². The molecule has 5 rings (SSSR count). The van der Waals surface area contributed by atoms with Crippen LogP contribution in [0, 0.1) is 5.41 Å². The fourth-order valence-electron chi connectivity index (χ4n) is 3.69. The summed E-state index contributed by atoms with van der Waals surface area (Å²) < 4.78 is 45.5. The summed E-state index contributed by atoms with van der Waals surface area (Å²) in [6, 6.07) is 10.9. The highest BCUT2D eigenvalue weighted by atomic mass is 19.4. The highest BCUT2D eigenvalue weighted by Crippen LogP contribution is 2.58. The number of carbonyl (C=O) groups is 1. The second kappa shape index (κ2) is 7.54. The molecule has 33 heavy (non-hydrogen) atoms. The first-order valence-electron chi connectivity index (χ1n) is 10.0. The molecule has 3 aromatic heterocycles. The van der Waals surface area contributed by atoms with Crippen LogP contribution in [0.5, 0.6) is 5.75 Å². The van der Waals surface area contributed by atoms with Gasteiger partial charge in [0, 0.05) is 23.4 Å². The number of hydrogen-bond acceptors (Lipinski definition) is 6. The minimum absolute atomic E-state index is 0.0916. The average molecular weight is 454 g/mol. The maximum absolute atomic E-state index is 13.4. The number of methoxy groups -OCH3 is 1. The second-order valence-corrected chi connectivity index (χ2v) is 7.68. The lowest BCUT2D eigenvalue weighted by Crippen LogP contribution is -2.37. The summed E-state index contributed by atoms with van der Waals surface area (Å²) in [4.78, 5) is 25.5. The number of aromatic amines is 1. The molecule has 0 radical (unpaired) electrons. The molecule has 3 heterocycles. The van der Waals surface area contributed by atoms with Gasteiger partial charge in [0.05, 0.1) is 12.6 Å². The lowest BCUT2D eigenvalue weighted by atomic mass is 10.0. The second-order valence-electron chi connectivity index (χ2n) is 7.68. The van der Waals surface area contributed by atoms with Gasteiger partial charge in [-0.15, -0.1) is 0 Å². The molecule has 0 saturated heterocycles. The summed E-state index contributed by atoms with van der Waals surface area (Å²) in [6.45, 7) is 0. The van der Waals surface area contributed by atoms with E-state index in [9.17, 15) is 18.0 Å². The van der Waals surface area contributed by atoms with E-state index in [0.29, 0.717) is 22.5 Å². The molecule has 0 atom stereocenters. The molecule has 11 heteroatoms. The summed E-state index contributed by atoms with van der Waals surface area (Å²) in [5, 5.41) is 9.43. The van der Waals surface area contributed by atoms with Crippen molar-refractivity contribution in [2.75, 3.05) is 12.4 Å². The number of aromatic nitrogens is 5. The number of rotatable bonds is 5. The van der Waals surface area contributed by atoms with Crippen LogP contribution in [-0.2, 0) is 4.79 Å². The van der Waals surface area contributed by atoms with Gasteiger partial charge >= 0.3 is 6.18 Å². The van der Waals surface area contributed by atoms with Crippen molar-refractivity contribution in [3.05, 3.63) is 48.9 Å². The van der Waals surface area contributed by atoms with Crippen LogP contribution in [-0.4, -0.2) is 44.3 Å². The van der Waals surface area contributed by atoms with Crippen molar-refractivity contribution in [1.29, 1.82) is 0 Å². The topological polar surface area (TPSA) is 106 Å². The lowest BCUT2D eigenvalue weighted by Gasteiger charge is -2.19. The molecule has 1 aromatic carbocycles. The Morgan fingerprint density at radius 3 is 2.58 bits per heavy atom. The molecule has 0 bridgehead atoms. The number of fused-ring (bicyclic) bond motifs is 1. The predicted octanol–water partition coefficient (Wildman–Crippen LogP) is 4.37. The van der Waals surface area contributed by atoms with Crippen molar-refractivity contribution in [2.24, 2.45) is 5.41 Å². The molecule has 0 aliphatic heterocycles. The number of hydrogen-bond donors (Lipinski definition) is 2. The van der Waals surface area contributed by atoms with Gasteiger partial charge in [0.2, 0.25) is 5.91 Å². The molecular weight excluding hydrogens is 437 g/mol. The Balaban J connectivity index is 1.61. The third-order valence-corrected chi connectivity index (χ3v) is 5.70. The zero-order valence-electron chi connectivity index (χ0n) is 17.3. The van der Waals surface area contributed by atoms with Crippen LogP contribution in [0.25, 0.3) is 33.5 Å². The number of nitrogens with zero attached hydrogens (tertiary/aromatic N) is 4. The van der Waals surface area contributed by atoms with Crippen LogP contribution < -0.4 is 10.1 Å². The highest BCUT2D eigenvalue weighted by Gasteiger charge is 2.68. The van der Waals surface area contributed by atoms with Crippen molar-refractivity contribution in [1.82, 2.24) is 25.1 Å². The first-order valence-corrected chi connectivity index (χ1v) is 10.0. The van der Waals surface area contributed by atoms with Gasteiger partial charge in [-0.2, -0.15) is 18.3 Å². The smallest absolute Gasteiger partial charge is 0.403 e. The van der Waals surface area contributed by atoms with E-state index in [1.54, 1.807) is 6.20 Å². The Morgan fingerprint density at radius 2 is 1.91 bits per heavy atom. The van der Waals surface area contributed by atoms with Gasteiger partial charge in [-0.3, -0.25) is 9.89 Å². The maximum Gasteiger partial charge on any atom is 0.403 e. The molecule has 4 aromatic rings. The van der Waals surface area contributed by atoms with Crippen molar-refractivity contribution in [3.8, 4) is 28.3 Å². The Kier molecular flexibility index (Phi) is 4.76. The molecule has 1 amide bonds. The Labute approximate surface area is 185 Å². The molecule has 0 unspecified atom stereocenters. The standard InChI is InChI=1S/C22H17F3N6O2/c1-33-15-9-14-18(29-19(15)30-20(32)21(7-8-21)22(23,24)25)17(27-11-26-14)13-10-28-31-16(13)12-5-3-2-4-6-12/h2-6,9-11H,7-8H2,1H3,(H,28,31)(H,29,30,32). The van der Waals surface area contributed by atoms with Gasteiger partial charge < -0.3 is 10.1 Å². The summed E-state index contributed by atoms with van der Waals surface area (Å²) in [6.07, 6.45) is -2.17. The number of carbonyl (C=O) groups excluding carboxylic acids is 1.